The van der Waals surface area contributed by atoms with E-state index >= 15 is 0 Å². The average molecular weight is 269 g/mol. The van der Waals surface area contributed by atoms with Gasteiger partial charge in [0.2, 0.25) is 0 Å². The summed E-state index contributed by atoms with van der Waals surface area (Å²) >= 11 is 0. The molecule has 1 N–H and O–H groups in total. The van der Waals surface area contributed by atoms with Gasteiger partial charge in [-0.3, -0.25) is 14.6 Å². The number of nitrogens with zero attached hydrogens (tertiary/aromatic N) is 2. The molecule has 0 radical (unpaired) electrons. The van der Waals surface area contributed by atoms with Gasteiger partial charge in [-0.05, 0) is 37.1 Å². The van der Waals surface area contributed by atoms with Gasteiger partial charge in [-0.25, -0.2) is 0 Å². The van der Waals surface area contributed by atoms with Crippen molar-refractivity contribution in [2.45, 2.75) is 18.9 Å². The van der Waals surface area contributed by atoms with Crippen molar-refractivity contribution in [2.24, 2.45) is 0 Å². The number of hydrogen-bond acceptors (Lipinski definition) is 3. The lowest BCUT2D eigenvalue weighted by molar-refractivity contribution is 0.0731. The lowest BCUT2D eigenvalue weighted by atomic mass is 10.1. The predicted octanol–water partition coefficient (Wildman–Crippen LogP) is 1.75. The molecule has 0 bridgehead atoms. The van der Waals surface area contributed by atoms with Crippen molar-refractivity contribution in [1.29, 1.82) is 0 Å². The number of carbonyl (C=O) groups is 1. The van der Waals surface area contributed by atoms with Crippen LogP contribution < -0.4 is 5.56 Å². The molecule has 0 aromatic carbocycles. The number of nitrogens with one attached hydrogen (secondary N) is 1. The van der Waals surface area contributed by atoms with Gasteiger partial charge in [0, 0.05) is 18.9 Å². The van der Waals surface area contributed by atoms with Crippen molar-refractivity contribution in [2.75, 3.05) is 6.54 Å². The molecule has 0 aliphatic carbocycles. The number of pyridine rings is 2. The Morgan fingerprint density at radius 2 is 2.20 bits per heavy atom. The van der Waals surface area contributed by atoms with Gasteiger partial charge in [0.15, 0.2) is 0 Å². The van der Waals surface area contributed by atoms with Crippen molar-refractivity contribution in [3.05, 3.63) is 64.3 Å². The molecule has 3 rings (SSSR count). The minimum absolute atomic E-state index is 0.0386. The molecule has 3 heterocycles. The van der Waals surface area contributed by atoms with Gasteiger partial charge in [0.25, 0.3) is 11.5 Å². The van der Waals surface area contributed by atoms with E-state index in [9.17, 15) is 9.59 Å². The molecule has 1 amide bonds. The van der Waals surface area contributed by atoms with Crippen LogP contribution in [0.5, 0.6) is 0 Å². The minimum Gasteiger partial charge on any atom is -0.330 e. The first-order valence-electron chi connectivity index (χ1n) is 6.67. The SMILES string of the molecule is O=C(c1ccc[nH]c1=O)N1CCC[C@H]1c1ccccn1. The summed E-state index contributed by atoms with van der Waals surface area (Å²) in [7, 11) is 0. The van der Waals surface area contributed by atoms with Crippen molar-refractivity contribution in [1.82, 2.24) is 14.9 Å². The fourth-order valence-corrected chi connectivity index (χ4v) is 2.64. The maximum Gasteiger partial charge on any atom is 0.260 e. The number of aromatic nitrogens is 2. The van der Waals surface area contributed by atoms with Crippen molar-refractivity contribution < 1.29 is 4.79 Å². The molecule has 0 spiro atoms. The summed E-state index contributed by atoms with van der Waals surface area (Å²) in [6.45, 7) is 0.661. The van der Waals surface area contributed by atoms with Crippen LogP contribution in [0.25, 0.3) is 0 Å². The van der Waals surface area contributed by atoms with Crippen LogP contribution in [-0.4, -0.2) is 27.3 Å². The first kappa shape index (κ1) is 12.6. The second kappa shape index (κ2) is 5.28. The molecular formula is C15H15N3O2. The lowest BCUT2D eigenvalue weighted by Crippen LogP contribution is -2.34. The van der Waals surface area contributed by atoms with Gasteiger partial charge in [-0.15, -0.1) is 0 Å². The second-order valence-corrected chi connectivity index (χ2v) is 4.82. The Hall–Kier alpha value is -2.43. The monoisotopic (exact) mass is 269 g/mol. The first-order chi connectivity index (χ1) is 9.77. The van der Waals surface area contributed by atoms with E-state index in [1.54, 1.807) is 23.2 Å². The van der Waals surface area contributed by atoms with Gasteiger partial charge in [0.1, 0.15) is 5.56 Å². The minimum atomic E-state index is -0.343. The molecule has 1 fully saturated rings. The summed E-state index contributed by atoms with van der Waals surface area (Å²) in [6, 6.07) is 8.88. The van der Waals surface area contributed by atoms with Gasteiger partial charge >= 0.3 is 0 Å². The lowest BCUT2D eigenvalue weighted by Gasteiger charge is -2.24. The Labute approximate surface area is 116 Å². The summed E-state index contributed by atoms with van der Waals surface area (Å²) in [6.07, 6.45) is 5.07. The summed E-state index contributed by atoms with van der Waals surface area (Å²) in [5, 5.41) is 0. The number of aromatic amines is 1. The van der Waals surface area contributed by atoms with E-state index in [0.717, 1.165) is 18.5 Å². The average Bonchev–Trinajstić information content (AvgIpc) is 2.97. The molecule has 102 valence electrons. The number of hydrogen-bond donors (Lipinski definition) is 1. The highest BCUT2D eigenvalue weighted by molar-refractivity contribution is 5.94. The zero-order chi connectivity index (χ0) is 13.9. The summed E-state index contributed by atoms with van der Waals surface area (Å²) < 4.78 is 0. The number of rotatable bonds is 2. The largest absolute Gasteiger partial charge is 0.330 e. The molecule has 5 nitrogen and oxygen atoms in total. The summed E-state index contributed by atoms with van der Waals surface area (Å²) in [5.41, 5.74) is 0.727. The van der Waals surface area contributed by atoms with Gasteiger partial charge < -0.3 is 9.88 Å². The Bertz CT molecular complexity index is 666. The maximum absolute atomic E-state index is 12.5. The molecule has 2 aromatic heterocycles. The number of amides is 1. The van der Waals surface area contributed by atoms with Crippen molar-refractivity contribution >= 4 is 5.91 Å². The Morgan fingerprint density at radius 1 is 1.30 bits per heavy atom. The third-order valence-electron chi connectivity index (χ3n) is 3.59. The smallest absolute Gasteiger partial charge is 0.260 e. The van der Waals surface area contributed by atoms with Crippen LogP contribution in [-0.2, 0) is 0 Å². The Kier molecular flexibility index (Phi) is 3.33. The van der Waals surface area contributed by atoms with Crippen molar-refractivity contribution in [3.8, 4) is 0 Å². The quantitative estimate of drug-likeness (QED) is 0.903. The highest BCUT2D eigenvalue weighted by atomic mass is 16.2. The summed E-state index contributed by atoms with van der Waals surface area (Å²) in [5.74, 6) is -0.222. The number of H-pyrrole nitrogens is 1. The van der Waals surface area contributed by atoms with E-state index in [1.807, 2.05) is 18.2 Å². The van der Waals surface area contributed by atoms with Crippen LogP contribution in [0.4, 0.5) is 0 Å². The number of likely N-dealkylation sites (tertiary alicyclic amines) is 1. The van der Waals surface area contributed by atoms with Crippen LogP contribution in [0.15, 0.2) is 47.5 Å². The second-order valence-electron chi connectivity index (χ2n) is 4.82. The van der Waals surface area contributed by atoms with Crippen LogP contribution in [0, 0.1) is 0 Å². The molecule has 0 saturated carbocycles. The van der Waals surface area contributed by atoms with Crippen LogP contribution in [0.3, 0.4) is 0 Å². The van der Waals surface area contributed by atoms with Gasteiger partial charge in [-0.2, -0.15) is 0 Å². The molecule has 5 heteroatoms. The molecule has 2 aromatic rings. The molecule has 0 unspecified atom stereocenters. The van der Waals surface area contributed by atoms with Gasteiger partial charge in [-0.1, -0.05) is 6.07 Å². The van der Waals surface area contributed by atoms with E-state index in [4.69, 9.17) is 0 Å². The molecule has 20 heavy (non-hydrogen) atoms. The third-order valence-corrected chi connectivity index (χ3v) is 3.59. The first-order valence-corrected chi connectivity index (χ1v) is 6.67. The fraction of sp³-hybridized carbons (Fsp3) is 0.267. The van der Waals surface area contributed by atoms with Crippen molar-refractivity contribution in [3.63, 3.8) is 0 Å². The topological polar surface area (TPSA) is 66.1 Å². The van der Waals surface area contributed by atoms with Gasteiger partial charge in [0.05, 0.1) is 11.7 Å². The fourth-order valence-electron chi connectivity index (χ4n) is 2.64. The normalized spacial score (nSPS) is 18.2. The molecule has 1 atom stereocenters. The Morgan fingerprint density at radius 3 is 2.95 bits per heavy atom. The van der Waals surface area contributed by atoms with Crippen LogP contribution >= 0.6 is 0 Å². The molecule has 1 aliphatic rings. The van der Waals surface area contributed by atoms with E-state index in [0.29, 0.717) is 6.54 Å². The van der Waals surface area contributed by atoms with E-state index in [1.165, 1.54) is 6.20 Å². The van der Waals surface area contributed by atoms with E-state index in [2.05, 4.69) is 9.97 Å². The van der Waals surface area contributed by atoms with E-state index in [-0.39, 0.29) is 23.1 Å². The Balaban J connectivity index is 1.92. The maximum atomic E-state index is 12.5. The third kappa shape index (κ3) is 2.22. The predicted molar refractivity (Wildman–Crippen MR) is 74.3 cm³/mol. The summed E-state index contributed by atoms with van der Waals surface area (Å²) in [4.78, 5) is 32.9. The number of carbonyl (C=O) groups excluding carboxylic acids is 1. The highest BCUT2D eigenvalue weighted by Crippen LogP contribution is 2.31. The zero-order valence-electron chi connectivity index (χ0n) is 11.0. The molecular weight excluding hydrogens is 254 g/mol. The van der Waals surface area contributed by atoms with Crippen LogP contribution in [0.1, 0.15) is 34.9 Å². The van der Waals surface area contributed by atoms with Crippen LogP contribution in [0.2, 0.25) is 0 Å². The molecule has 1 saturated heterocycles. The molecule has 1 aliphatic heterocycles. The standard InChI is InChI=1S/C15H15N3O2/c19-14-11(5-3-9-17-14)15(20)18-10-4-7-13(18)12-6-1-2-8-16-12/h1-3,5-6,8-9,13H,4,7,10H2,(H,17,19)/t13-/m0/s1. The van der Waals surface area contributed by atoms with E-state index < -0.39 is 0 Å². The highest BCUT2D eigenvalue weighted by Gasteiger charge is 2.32. The zero-order valence-corrected chi connectivity index (χ0v) is 11.0.